The number of aryl methyl sites for hydroxylation is 1. The Hall–Kier alpha value is -1.04. The largest absolute Gasteiger partial charge is 0.342 e. The number of amides is 1. The van der Waals surface area contributed by atoms with Crippen molar-refractivity contribution in [2.45, 2.75) is 30.2 Å². The summed E-state index contributed by atoms with van der Waals surface area (Å²) in [6, 6.07) is 0. The van der Waals surface area contributed by atoms with E-state index in [0.717, 1.165) is 31.1 Å². The number of hydrogen-bond acceptors (Lipinski definition) is 4. The van der Waals surface area contributed by atoms with E-state index in [0.29, 0.717) is 0 Å². The molecule has 1 aromatic heterocycles. The molecule has 0 saturated carbocycles. The molecule has 1 saturated heterocycles. The standard InChI is InChI=1S/C10H16N4OS/c1-8(9(15)14-5-3-4-6-14)16-10-12-11-7-13(10)2/h7-8H,3-6H2,1-2H3. The minimum absolute atomic E-state index is 0.0824. The van der Waals surface area contributed by atoms with E-state index in [1.807, 2.05) is 23.4 Å². The van der Waals surface area contributed by atoms with Crippen molar-refractivity contribution in [3.05, 3.63) is 6.33 Å². The number of thioether (sulfide) groups is 1. The van der Waals surface area contributed by atoms with Crippen LogP contribution in [0.3, 0.4) is 0 Å². The molecular formula is C10H16N4OS. The summed E-state index contributed by atoms with van der Waals surface area (Å²) in [6.07, 6.45) is 3.91. The summed E-state index contributed by atoms with van der Waals surface area (Å²) < 4.78 is 1.83. The van der Waals surface area contributed by atoms with Gasteiger partial charge in [-0.3, -0.25) is 4.79 Å². The van der Waals surface area contributed by atoms with E-state index < -0.39 is 0 Å². The molecule has 1 unspecified atom stereocenters. The molecule has 1 aliphatic rings. The lowest BCUT2D eigenvalue weighted by atomic mass is 10.4. The van der Waals surface area contributed by atoms with Gasteiger partial charge in [-0.25, -0.2) is 0 Å². The summed E-state index contributed by atoms with van der Waals surface area (Å²) in [4.78, 5) is 14.0. The maximum Gasteiger partial charge on any atom is 0.235 e. The van der Waals surface area contributed by atoms with Crippen LogP contribution in [0.4, 0.5) is 0 Å². The summed E-state index contributed by atoms with van der Waals surface area (Å²) >= 11 is 1.47. The Bertz CT molecular complexity index is 373. The quantitative estimate of drug-likeness (QED) is 0.737. The average Bonchev–Trinajstić information content (AvgIpc) is 2.89. The lowest BCUT2D eigenvalue weighted by Crippen LogP contribution is -2.34. The van der Waals surface area contributed by atoms with Crippen LogP contribution in [0.1, 0.15) is 19.8 Å². The highest BCUT2D eigenvalue weighted by Gasteiger charge is 2.24. The molecule has 0 radical (unpaired) electrons. The monoisotopic (exact) mass is 240 g/mol. The Labute approximate surface area is 99.2 Å². The van der Waals surface area contributed by atoms with Gasteiger partial charge in [0.1, 0.15) is 6.33 Å². The molecular weight excluding hydrogens is 224 g/mol. The fraction of sp³-hybridized carbons (Fsp3) is 0.700. The molecule has 1 aromatic rings. The zero-order valence-corrected chi connectivity index (χ0v) is 10.4. The lowest BCUT2D eigenvalue weighted by Gasteiger charge is -2.19. The van der Waals surface area contributed by atoms with Crippen molar-refractivity contribution in [2.75, 3.05) is 13.1 Å². The molecule has 16 heavy (non-hydrogen) atoms. The zero-order valence-electron chi connectivity index (χ0n) is 9.59. The van der Waals surface area contributed by atoms with Gasteiger partial charge in [0.25, 0.3) is 0 Å². The molecule has 0 bridgehead atoms. The van der Waals surface area contributed by atoms with Crippen LogP contribution in [-0.4, -0.2) is 43.9 Å². The van der Waals surface area contributed by atoms with E-state index in [1.54, 1.807) is 6.33 Å². The van der Waals surface area contributed by atoms with Gasteiger partial charge in [-0.2, -0.15) is 0 Å². The third-order valence-corrected chi connectivity index (χ3v) is 3.85. The summed E-state index contributed by atoms with van der Waals surface area (Å²) in [5.74, 6) is 0.213. The molecule has 2 rings (SSSR count). The zero-order chi connectivity index (χ0) is 11.5. The second-order valence-corrected chi connectivity index (χ2v) is 5.32. The van der Waals surface area contributed by atoms with Gasteiger partial charge >= 0.3 is 0 Å². The summed E-state index contributed by atoms with van der Waals surface area (Å²) in [7, 11) is 1.88. The van der Waals surface area contributed by atoms with Gasteiger partial charge in [-0.05, 0) is 19.8 Å². The highest BCUT2D eigenvalue weighted by Crippen LogP contribution is 2.23. The highest BCUT2D eigenvalue weighted by atomic mass is 32.2. The highest BCUT2D eigenvalue weighted by molar-refractivity contribution is 8.00. The predicted octanol–water partition coefficient (Wildman–Crippen LogP) is 0.918. The fourth-order valence-corrected chi connectivity index (χ4v) is 2.66. The first-order valence-corrected chi connectivity index (χ1v) is 6.36. The van der Waals surface area contributed by atoms with Gasteiger partial charge < -0.3 is 9.47 Å². The smallest absolute Gasteiger partial charge is 0.235 e. The van der Waals surface area contributed by atoms with Crippen molar-refractivity contribution in [1.82, 2.24) is 19.7 Å². The van der Waals surface area contributed by atoms with E-state index in [2.05, 4.69) is 10.2 Å². The first kappa shape index (κ1) is 11.4. The van der Waals surface area contributed by atoms with Crippen LogP contribution in [-0.2, 0) is 11.8 Å². The summed E-state index contributed by atoms with van der Waals surface area (Å²) in [6.45, 7) is 3.74. The van der Waals surface area contributed by atoms with Crippen molar-refractivity contribution in [3.63, 3.8) is 0 Å². The van der Waals surface area contributed by atoms with Gasteiger partial charge in [-0.1, -0.05) is 11.8 Å². The van der Waals surface area contributed by atoms with Crippen LogP contribution in [0, 0.1) is 0 Å². The van der Waals surface area contributed by atoms with Crippen molar-refractivity contribution < 1.29 is 4.79 Å². The molecule has 88 valence electrons. The number of rotatable bonds is 3. The van der Waals surface area contributed by atoms with Crippen molar-refractivity contribution in [3.8, 4) is 0 Å². The molecule has 0 N–H and O–H groups in total. The van der Waals surface area contributed by atoms with Gasteiger partial charge in [0.15, 0.2) is 5.16 Å². The van der Waals surface area contributed by atoms with Crippen LogP contribution in [0.25, 0.3) is 0 Å². The van der Waals surface area contributed by atoms with Crippen LogP contribution >= 0.6 is 11.8 Å². The van der Waals surface area contributed by atoms with Crippen LogP contribution < -0.4 is 0 Å². The predicted molar refractivity (Wildman–Crippen MR) is 62.1 cm³/mol. The Morgan fingerprint density at radius 1 is 1.50 bits per heavy atom. The van der Waals surface area contributed by atoms with Crippen molar-refractivity contribution >= 4 is 17.7 Å². The Balaban J connectivity index is 1.94. The van der Waals surface area contributed by atoms with E-state index in [9.17, 15) is 4.79 Å². The van der Waals surface area contributed by atoms with E-state index in [4.69, 9.17) is 0 Å². The topological polar surface area (TPSA) is 51.0 Å². The molecule has 2 heterocycles. The number of aromatic nitrogens is 3. The summed E-state index contributed by atoms with van der Waals surface area (Å²) in [5, 5.41) is 8.48. The molecule has 0 aromatic carbocycles. The molecule has 0 spiro atoms. The second-order valence-electron chi connectivity index (χ2n) is 4.02. The number of carbonyl (C=O) groups excluding carboxylic acids is 1. The van der Waals surface area contributed by atoms with Gasteiger partial charge in [0, 0.05) is 20.1 Å². The third kappa shape index (κ3) is 2.37. The fourth-order valence-electron chi connectivity index (χ4n) is 1.78. The first-order valence-electron chi connectivity index (χ1n) is 5.48. The molecule has 5 nitrogen and oxygen atoms in total. The van der Waals surface area contributed by atoms with E-state index >= 15 is 0 Å². The first-order chi connectivity index (χ1) is 7.68. The molecule has 1 atom stereocenters. The van der Waals surface area contributed by atoms with Crippen LogP contribution in [0.5, 0.6) is 0 Å². The Kier molecular flexibility index (Phi) is 3.48. The number of likely N-dealkylation sites (tertiary alicyclic amines) is 1. The van der Waals surface area contributed by atoms with Crippen LogP contribution in [0.15, 0.2) is 11.5 Å². The maximum atomic E-state index is 12.0. The Morgan fingerprint density at radius 2 is 2.19 bits per heavy atom. The molecule has 6 heteroatoms. The van der Waals surface area contributed by atoms with Crippen molar-refractivity contribution in [2.24, 2.45) is 7.05 Å². The Morgan fingerprint density at radius 3 is 2.75 bits per heavy atom. The molecule has 1 fully saturated rings. The summed E-state index contributed by atoms with van der Waals surface area (Å²) in [5.41, 5.74) is 0. The van der Waals surface area contributed by atoms with Crippen LogP contribution in [0.2, 0.25) is 0 Å². The van der Waals surface area contributed by atoms with Gasteiger partial charge in [-0.15, -0.1) is 10.2 Å². The lowest BCUT2D eigenvalue weighted by molar-refractivity contribution is -0.129. The minimum Gasteiger partial charge on any atom is -0.342 e. The molecule has 0 aliphatic carbocycles. The normalized spacial score (nSPS) is 17.8. The van der Waals surface area contributed by atoms with Gasteiger partial charge in [0.05, 0.1) is 5.25 Å². The second kappa shape index (κ2) is 4.86. The minimum atomic E-state index is -0.0824. The third-order valence-electron chi connectivity index (χ3n) is 2.72. The van der Waals surface area contributed by atoms with Crippen molar-refractivity contribution in [1.29, 1.82) is 0 Å². The van der Waals surface area contributed by atoms with E-state index in [-0.39, 0.29) is 11.2 Å². The average molecular weight is 240 g/mol. The number of carbonyl (C=O) groups is 1. The number of nitrogens with zero attached hydrogens (tertiary/aromatic N) is 4. The number of hydrogen-bond donors (Lipinski definition) is 0. The molecule has 1 aliphatic heterocycles. The maximum absolute atomic E-state index is 12.0. The van der Waals surface area contributed by atoms with Gasteiger partial charge in [0.2, 0.25) is 5.91 Å². The SMILES string of the molecule is CC(Sc1nncn1C)C(=O)N1CCCC1. The van der Waals surface area contributed by atoms with E-state index in [1.165, 1.54) is 11.8 Å². The molecule has 1 amide bonds.